The van der Waals surface area contributed by atoms with Gasteiger partial charge in [-0.3, -0.25) is 4.90 Å². The van der Waals surface area contributed by atoms with E-state index in [9.17, 15) is 5.11 Å². The maximum Gasteiger partial charge on any atom is 0.0449 e. The Labute approximate surface area is 150 Å². The number of piperazine rings is 1. The lowest BCUT2D eigenvalue weighted by molar-refractivity contribution is 0.141. The highest BCUT2D eigenvalue weighted by Crippen LogP contribution is 2.38. The van der Waals surface area contributed by atoms with E-state index in [0.717, 1.165) is 39.0 Å². The second kappa shape index (κ2) is 7.66. The van der Waals surface area contributed by atoms with Crippen LogP contribution < -0.4 is 5.32 Å². The number of hydrogen-bond donors (Lipinski definition) is 2. The van der Waals surface area contributed by atoms with Gasteiger partial charge in [0.2, 0.25) is 0 Å². The Kier molecular flexibility index (Phi) is 5.57. The minimum Gasteiger partial charge on any atom is -0.396 e. The van der Waals surface area contributed by atoms with Gasteiger partial charge in [-0.05, 0) is 40.7 Å². The average molecular weight is 345 g/mol. The standard InChI is InChI=1S/C20H24N2O.ClH/c23-12-7-20(22-10-8-21-9-11-22)16-5-6-19-17(14-16)13-15-3-1-2-4-18(15)19;/h1-6,14,20-21,23H,7-13H2;1H/t20-;/m0./s1. The minimum atomic E-state index is 0. The van der Waals surface area contributed by atoms with Crippen LogP contribution in [0.5, 0.6) is 0 Å². The summed E-state index contributed by atoms with van der Waals surface area (Å²) in [5, 5.41) is 12.9. The zero-order chi connectivity index (χ0) is 15.6. The predicted octanol–water partition coefficient (Wildman–Crippen LogP) is 3.01. The van der Waals surface area contributed by atoms with Crippen molar-refractivity contribution in [2.75, 3.05) is 32.8 Å². The second-order valence-corrected chi connectivity index (χ2v) is 6.56. The molecule has 1 aliphatic carbocycles. The Hall–Kier alpha value is -1.39. The van der Waals surface area contributed by atoms with Gasteiger partial charge in [-0.2, -0.15) is 0 Å². The van der Waals surface area contributed by atoms with Gasteiger partial charge in [-0.1, -0.05) is 42.5 Å². The molecule has 1 aliphatic heterocycles. The third-order valence-corrected chi connectivity index (χ3v) is 5.20. The molecule has 0 saturated carbocycles. The zero-order valence-corrected chi connectivity index (χ0v) is 14.7. The summed E-state index contributed by atoms with van der Waals surface area (Å²) in [7, 11) is 0. The van der Waals surface area contributed by atoms with Crippen LogP contribution in [0.3, 0.4) is 0 Å². The van der Waals surface area contributed by atoms with Crippen LogP contribution in [0.1, 0.15) is 29.2 Å². The van der Waals surface area contributed by atoms with Gasteiger partial charge in [0, 0.05) is 38.8 Å². The van der Waals surface area contributed by atoms with Crippen LogP contribution >= 0.6 is 12.4 Å². The van der Waals surface area contributed by atoms with Crippen molar-refractivity contribution in [3.05, 3.63) is 59.2 Å². The largest absolute Gasteiger partial charge is 0.396 e. The van der Waals surface area contributed by atoms with Crippen LogP contribution in [0.15, 0.2) is 42.5 Å². The van der Waals surface area contributed by atoms with Gasteiger partial charge >= 0.3 is 0 Å². The lowest BCUT2D eigenvalue weighted by Crippen LogP contribution is -2.45. The fraction of sp³-hybridized carbons (Fsp3) is 0.400. The Balaban J connectivity index is 0.00000169. The number of hydrogen-bond acceptors (Lipinski definition) is 3. The first-order valence-electron chi connectivity index (χ1n) is 8.63. The average Bonchev–Trinajstić information content (AvgIpc) is 2.98. The Bertz CT molecular complexity index is 698. The molecule has 0 bridgehead atoms. The predicted molar refractivity (Wildman–Crippen MR) is 101 cm³/mol. The van der Waals surface area contributed by atoms with E-state index in [0.29, 0.717) is 6.04 Å². The summed E-state index contributed by atoms with van der Waals surface area (Å²) in [6.45, 7) is 4.44. The second-order valence-electron chi connectivity index (χ2n) is 6.56. The summed E-state index contributed by atoms with van der Waals surface area (Å²) in [6.07, 6.45) is 1.85. The third kappa shape index (κ3) is 3.22. The molecular weight excluding hydrogens is 320 g/mol. The van der Waals surface area contributed by atoms with Crippen LogP contribution in [0.4, 0.5) is 0 Å². The molecule has 1 saturated heterocycles. The first-order chi connectivity index (χ1) is 11.4. The van der Waals surface area contributed by atoms with E-state index in [1.807, 2.05) is 0 Å². The molecule has 1 heterocycles. The van der Waals surface area contributed by atoms with E-state index in [2.05, 4.69) is 52.7 Å². The van der Waals surface area contributed by atoms with E-state index in [-0.39, 0.29) is 19.0 Å². The monoisotopic (exact) mass is 344 g/mol. The van der Waals surface area contributed by atoms with Gasteiger partial charge in [0.05, 0.1) is 0 Å². The Morgan fingerprint density at radius 3 is 2.54 bits per heavy atom. The Morgan fingerprint density at radius 1 is 1.00 bits per heavy atom. The van der Waals surface area contributed by atoms with Crippen molar-refractivity contribution in [3.8, 4) is 11.1 Å². The van der Waals surface area contributed by atoms with Gasteiger partial charge in [-0.15, -0.1) is 12.4 Å². The molecule has 0 aromatic heterocycles. The van der Waals surface area contributed by atoms with Crippen molar-refractivity contribution in [1.82, 2.24) is 10.2 Å². The Morgan fingerprint density at radius 2 is 1.75 bits per heavy atom. The maximum atomic E-state index is 9.52. The highest BCUT2D eigenvalue weighted by Gasteiger charge is 2.24. The summed E-state index contributed by atoms with van der Waals surface area (Å²) in [5.41, 5.74) is 6.98. The molecule has 0 spiro atoms. The number of benzene rings is 2. The van der Waals surface area contributed by atoms with Crippen LogP contribution in [-0.2, 0) is 6.42 Å². The summed E-state index contributed by atoms with van der Waals surface area (Å²) in [6, 6.07) is 16.0. The molecule has 128 valence electrons. The molecule has 2 aromatic rings. The summed E-state index contributed by atoms with van der Waals surface area (Å²) in [5.74, 6) is 0. The third-order valence-electron chi connectivity index (χ3n) is 5.20. The number of aliphatic hydroxyl groups excluding tert-OH is 1. The van der Waals surface area contributed by atoms with Crippen molar-refractivity contribution >= 4 is 12.4 Å². The summed E-state index contributed by atoms with van der Waals surface area (Å²) < 4.78 is 0. The highest BCUT2D eigenvalue weighted by atomic mass is 35.5. The number of nitrogens with zero attached hydrogens (tertiary/aromatic N) is 1. The van der Waals surface area contributed by atoms with Crippen molar-refractivity contribution < 1.29 is 5.11 Å². The molecule has 24 heavy (non-hydrogen) atoms. The molecule has 2 aromatic carbocycles. The normalized spacial score (nSPS) is 17.7. The molecule has 0 radical (unpaired) electrons. The van der Waals surface area contributed by atoms with Crippen LogP contribution in [0.25, 0.3) is 11.1 Å². The molecule has 4 heteroatoms. The van der Waals surface area contributed by atoms with Crippen molar-refractivity contribution in [2.45, 2.75) is 18.9 Å². The van der Waals surface area contributed by atoms with Gasteiger partial charge < -0.3 is 10.4 Å². The first kappa shape index (κ1) is 17.4. The molecule has 1 atom stereocenters. The SMILES string of the molecule is Cl.OCC[C@@H](c1ccc2c(c1)Cc1ccccc1-2)N1CCNCC1. The fourth-order valence-electron chi connectivity index (χ4n) is 4.05. The van der Waals surface area contributed by atoms with Crippen LogP contribution in [0, 0.1) is 0 Å². The van der Waals surface area contributed by atoms with E-state index in [1.54, 1.807) is 0 Å². The smallest absolute Gasteiger partial charge is 0.0449 e. The van der Waals surface area contributed by atoms with Crippen LogP contribution in [0.2, 0.25) is 0 Å². The minimum absolute atomic E-state index is 0. The number of rotatable bonds is 4. The number of halogens is 1. The lowest BCUT2D eigenvalue weighted by atomic mass is 9.96. The van der Waals surface area contributed by atoms with E-state index in [1.165, 1.54) is 27.8 Å². The van der Waals surface area contributed by atoms with Gasteiger partial charge in [-0.25, -0.2) is 0 Å². The summed E-state index contributed by atoms with van der Waals surface area (Å²) in [4.78, 5) is 2.51. The molecule has 3 nitrogen and oxygen atoms in total. The van der Waals surface area contributed by atoms with Crippen LogP contribution in [-0.4, -0.2) is 42.8 Å². The molecular formula is C20H25ClN2O. The van der Waals surface area contributed by atoms with Crippen molar-refractivity contribution in [1.29, 1.82) is 0 Å². The van der Waals surface area contributed by atoms with Gasteiger partial charge in [0.1, 0.15) is 0 Å². The summed E-state index contributed by atoms with van der Waals surface area (Å²) >= 11 is 0. The molecule has 1 fully saturated rings. The lowest BCUT2D eigenvalue weighted by Gasteiger charge is -2.35. The zero-order valence-electron chi connectivity index (χ0n) is 13.9. The van der Waals surface area contributed by atoms with Gasteiger partial charge in [0.15, 0.2) is 0 Å². The topological polar surface area (TPSA) is 35.5 Å². The maximum absolute atomic E-state index is 9.52. The van der Waals surface area contributed by atoms with E-state index in [4.69, 9.17) is 0 Å². The molecule has 0 amide bonds. The molecule has 2 aliphatic rings. The van der Waals surface area contributed by atoms with Crippen molar-refractivity contribution in [3.63, 3.8) is 0 Å². The molecule has 0 unspecified atom stereocenters. The highest BCUT2D eigenvalue weighted by molar-refractivity contribution is 5.85. The molecule has 2 N–H and O–H groups in total. The van der Waals surface area contributed by atoms with Crippen molar-refractivity contribution in [2.24, 2.45) is 0 Å². The molecule has 4 rings (SSSR count). The quantitative estimate of drug-likeness (QED) is 0.763. The van der Waals surface area contributed by atoms with Gasteiger partial charge in [0.25, 0.3) is 0 Å². The number of fused-ring (bicyclic) bond motifs is 3. The van der Waals surface area contributed by atoms with E-state index < -0.39 is 0 Å². The first-order valence-corrected chi connectivity index (χ1v) is 8.63. The fourth-order valence-corrected chi connectivity index (χ4v) is 4.05. The number of aliphatic hydroxyl groups is 1. The number of nitrogens with one attached hydrogen (secondary N) is 1. The van der Waals surface area contributed by atoms with E-state index >= 15 is 0 Å².